The maximum Gasteiger partial charge on any atom is 0.241 e. The Bertz CT molecular complexity index is 2020. The number of amidine groups is 1. The van der Waals surface area contributed by atoms with Crippen molar-refractivity contribution in [2.75, 3.05) is 0 Å². The first-order chi connectivity index (χ1) is 22.3. The van der Waals surface area contributed by atoms with Crippen LogP contribution in [0.3, 0.4) is 0 Å². The molecular formula is C34H23Cl2N3O5S2. The topological polar surface area (TPSA) is 123 Å². The lowest BCUT2D eigenvalue weighted by atomic mass is 10.1. The van der Waals surface area contributed by atoms with Crippen LogP contribution < -0.4 is 5.73 Å². The van der Waals surface area contributed by atoms with Crippen LogP contribution in [-0.4, -0.2) is 22.6 Å². The number of hydrogen-bond donors (Lipinski definition) is 2. The fourth-order valence-corrected chi connectivity index (χ4v) is 6.90. The standard InChI is InChI=1S/C17H13ClN2O3S.C17H10ClNO2S/c18-12-5-3-10(4-6-12)17-11(9-15(19)20-22)8-14(24-17)16(21)13-2-1-7-23-13;1-19-10-12-9-15(16(20)14-3-2-8-21-14)22-17(12)11-4-6-13(18)7-5-11/h1-8,22H,9H2,(H2,19,20);2-9H,10H2. The normalized spacial score (nSPS) is 11.0. The molecule has 0 saturated carbocycles. The SMILES string of the molecule is NC(Cc1cc(C(=O)c2ccco2)sc1-c1ccc(Cl)cc1)=NO.[C-]#[N+]Cc1cc(C(=O)c2ccco2)sc1-c1ccc(Cl)cc1. The number of nitrogens with zero attached hydrogens (tertiary/aromatic N) is 2. The second-order valence-electron chi connectivity index (χ2n) is 9.64. The van der Waals surface area contributed by atoms with Gasteiger partial charge in [-0.1, -0.05) is 52.6 Å². The molecule has 0 atom stereocenters. The molecule has 4 aromatic heterocycles. The number of thiophene rings is 2. The Balaban J connectivity index is 0.000000182. The second kappa shape index (κ2) is 14.9. The molecule has 230 valence electrons. The third-order valence-electron chi connectivity index (χ3n) is 6.52. The molecule has 0 spiro atoms. The Morgan fingerprint density at radius 2 is 1.24 bits per heavy atom. The van der Waals surface area contributed by atoms with Crippen LogP contribution in [-0.2, 0) is 13.0 Å². The quantitative estimate of drug-likeness (QED) is 0.0390. The van der Waals surface area contributed by atoms with Gasteiger partial charge in [0.05, 0.1) is 22.3 Å². The zero-order valence-corrected chi connectivity index (χ0v) is 26.9. The van der Waals surface area contributed by atoms with Crippen molar-refractivity contribution >= 4 is 63.3 Å². The summed E-state index contributed by atoms with van der Waals surface area (Å²) in [4.78, 5) is 31.2. The van der Waals surface area contributed by atoms with E-state index in [0.29, 0.717) is 25.6 Å². The summed E-state index contributed by atoms with van der Waals surface area (Å²) in [5, 5.41) is 13.1. The van der Waals surface area contributed by atoms with Crippen LogP contribution in [0.5, 0.6) is 0 Å². The molecule has 12 heteroatoms. The molecule has 0 unspecified atom stereocenters. The number of carbonyl (C=O) groups excluding carboxylic acids is 2. The van der Waals surface area contributed by atoms with Gasteiger partial charge in [0, 0.05) is 31.8 Å². The first kappa shape index (κ1) is 32.5. The Hall–Kier alpha value is -4.92. The van der Waals surface area contributed by atoms with E-state index in [1.54, 1.807) is 60.7 Å². The first-order valence-electron chi connectivity index (χ1n) is 13.5. The number of benzene rings is 2. The average Bonchev–Trinajstić information content (AvgIpc) is 3.89. The fourth-order valence-electron chi connectivity index (χ4n) is 4.40. The number of ketones is 2. The van der Waals surface area contributed by atoms with Crippen LogP contribution in [0, 0.1) is 6.57 Å². The van der Waals surface area contributed by atoms with Crippen molar-refractivity contribution in [1.29, 1.82) is 0 Å². The van der Waals surface area contributed by atoms with Crippen LogP contribution in [0.25, 0.3) is 25.7 Å². The summed E-state index contributed by atoms with van der Waals surface area (Å²) < 4.78 is 10.3. The number of halogens is 2. The Morgan fingerprint density at radius 3 is 1.65 bits per heavy atom. The average molecular weight is 689 g/mol. The summed E-state index contributed by atoms with van der Waals surface area (Å²) in [6, 6.07) is 24.8. The minimum Gasteiger partial charge on any atom is -0.461 e. The van der Waals surface area contributed by atoms with E-state index in [-0.39, 0.29) is 36.1 Å². The number of hydrogen-bond acceptors (Lipinski definition) is 8. The Labute approximate surface area is 281 Å². The smallest absolute Gasteiger partial charge is 0.241 e. The first-order valence-corrected chi connectivity index (χ1v) is 15.9. The lowest BCUT2D eigenvalue weighted by Crippen LogP contribution is -2.14. The minimum absolute atomic E-state index is 0.0695. The van der Waals surface area contributed by atoms with Gasteiger partial charge in [0.15, 0.2) is 11.5 Å². The highest BCUT2D eigenvalue weighted by Gasteiger charge is 2.21. The van der Waals surface area contributed by atoms with Gasteiger partial charge in [-0.15, -0.1) is 22.7 Å². The van der Waals surface area contributed by atoms with Gasteiger partial charge in [0.1, 0.15) is 5.84 Å². The molecule has 4 heterocycles. The van der Waals surface area contributed by atoms with Crippen LogP contribution >= 0.6 is 45.9 Å². The van der Waals surface area contributed by atoms with E-state index in [0.717, 1.165) is 32.0 Å². The van der Waals surface area contributed by atoms with Crippen molar-refractivity contribution in [1.82, 2.24) is 0 Å². The maximum atomic E-state index is 12.5. The molecule has 8 nitrogen and oxygen atoms in total. The molecule has 6 aromatic rings. The summed E-state index contributed by atoms with van der Waals surface area (Å²) >= 11 is 14.5. The Morgan fingerprint density at radius 1 is 0.783 bits per heavy atom. The molecule has 0 amide bonds. The second-order valence-corrected chi connectivity index (χ2v) is 12.6. The van der Waals surface area contributed by atoms with Crippen molar-refractivity contribution in [3.63, 3.8) is 0 Å². The van der Waals surface area contributed by atoms with Crippen LogP contribution in [0.15, 0.2) is 111 Å². The highest BCUT2D eigenvalue weighted by atomic mass is 35.5. The molecule has 0 aliphatic carbocycles. The largest absolute Gasteiger partial charge is 0.461 e. The predicted octanol–water partition coefficient (Wildman–Crippen LogP) is 9.49. The molecule has 46 heavy (non-hydrogen) atoms. The van der Waals surface area contributed by atoms with Crippen LogP contribution in [0.1, 0.15) is 42.0 Å². The van der Waals surface area contributed by atoms with E-state index >= 15 is 0 Å². The lowest BCUT2D eigenvalue weighted by Gasteiger charge is -2.03. The summed E-state index contributed by atoms with van der Waals surface area (Å²) in [7, 11) is 0. The molecular weight excluding hydrogens is 665 g/mol. The number of rotatable bonds is 9. The maximum absolute atomic E-state index is 12.5. The van der Waals surface area contributed by atoms with Crippen molar-refractivity contribution in [2.45, 2.75) is 13.0 Å². The molecule has 0 aliphatic rings. The highest BCUT2D eigenvalue weighted by molar-refractivity contribution is 7.18. The molecule has 3 N–H and O–H groups in total. The molecule has 0 bridgehead atoms. The van der Waals surface area contributed by atoms with Crippen molar-refractivity contribution in [2.24, 2.45) is 10.9 Å². The lowest BCUT2D eigenvalue weighted by molar-refractivity contribution is 0.101. The van der Waals surface area contributed by atoms with E-state index in [1.165, 1.54) is 35.2 Å². The van der Waals surface area contributed by atoms with Crippen LogP contribution in [0.2, 0.25) is 10.0 Å². The third kappa shape index (κ3) is 7.65. The molecule has 0 aliphatic heterocycles. The molecule has 6 rings (SSSR count). The van der Waals surface area contributed by atoms with Gasteiger partial charge in [-0.3, -0.25) is 9.59 Å². The molecule has 2 aromatic carbocycles. The summed E-state index contributed by atoms with van der Waals surface area (Å²) in [5.41, 5.74) is 9.14. The van der Waals surface area contributed by atoms with Gasteiger partial charge in [-0.2, -0.15) is 0 Å². The molecule has 0 saturated heterocycles. The minimum atomic E-state index is -0.203. The van der Waals surface area contributed by atoms with E-state index < -0.39 is 0 Å². The number of oxime groups is 1. The van der Waals surface area contributed by atoms with Crippen molar-refractivity contribution < 1.29 is 23.6 Å². The number of furan rings is 2. The highest BCUT2D eigenvalue weighted by Crippen LogP contribution is 2.36. The van der Waals surface area contributed by atoms with Gasteiger partial charge < -0.3 is 24.6 Å². The van der Waals surface area contributed by atoms with Gasteiger partial charge in [-0.05, 0) is 77.4 Å². The van der Waals surface area contributed by atoms with E-state index in [2.05, 4.69) is 10.0 Å². The summed E-state index contributed by atoms with van der Waals surface area (Å²) in [5.74, 6) is 0.278. The summed E-state index contributed by atoms with van der Waals surface area (Å²) in [6.07, 6.45) is 3.16. The number of nitrogens with two attached hydrogens (primary N) is 1. The van der Waals surface area contributed by atoms with Gasteiger partial charge in [-0.25, -0.2) is 6.57 Å². The van der Waals surface area contributed by atoms with E-state index in [9.17, 15) is 9.59 Å². The molecule has 0 radical (unpaired) electrons. The number of carbonyl (C=O) groups is 2. The van der Waals surface area contributed by atoms with E-state index in [1.807, 2.05) is 24.3 Å². The monoisotopic (exact) mass is 687 g/mol. The zero-order chi connectivity index (χ0) is 32.6. The van der Waals surface area contributed by atoms with Crippen LogP contribution in [0.4, 0.5) is 0 Å². The third-order valence-corrected chi connectivity index (χ3v) is 9.47. The van der Waals surface area contributed by atoms with Gasteiger partial charge in [0.25, 0.3) is 0 Å². The zero-order valence-electron chi connectivity index (χ0n) is 23.8. The summed E-state index contributed by atoms with van der Waals surface area (Å²) in [6.45, 7) is 7.33. The van der Waals surface area contributed by atoms with Crippen molar-refractivity contribution in [3.05, 3.63) is 151 Å². The Kier molecular flexibility index (Phi) is 10.5. The van der Waals surface area contributed by atoms with Gasteiger partial charge >= 0.3 is 0 Å². The van der Waals surface area contributed by atoms with Crippen molar-refractivity contribution in [3.8, 4) is 20.9 Å². The predicted molar refractivity (Wildman–Crippen MR) is 181 cm³/mol. The molecule has 0 fully saturated rings. The van der Waals surface area contributed by atoms with E-state index in [4.69, 9.17) is 49.5 Å². The van der Waals surface area contributed by atoms with Gasteiger partial charge in [0.2, 0.25) is 18.1 Å². The fraction of sp³-hybridized carbons (Fsp3) is 0.0588.